The summed E-state index contributed by atoms with van der Waals surface area (Å²) < 4.78 is 9.19. The molecule has 0 fully saturated rings. The van der Waals surface area contributed by atoms with Gasteiger partial charge < -0.3 is 0 Å². The van der Waals surface area contributed by atoms with Crippen molar-refractivity contribution in [2.24, 2.45) is 0 Å². The fourth-order valence-electron chi connectivity index (χ4n) is 9.00. The molecule has 2 aliphatic rings. The van der Waals surface area contributed by atoms with Gasteiger partial charge in [0.15, 0.2) is 0 Å². The summed E-state index contributed by atoms with van der Waals surface area (Å²) in [5.74, 6) is 2.41. The summed E-state index contributed by atoms with van der Waals surface area (Å²) in [6, 6.07) is 57.3. The summed E-state index contributed by atoms with van der Waals surface area (Å²) in [7, 11) is 0. The zero-order chi connectivity index (χ0) is 46.0. The molecule has 4 heterocycles. The molecule has 0 radical (unpaired) electrons. The minimum Gasteiger partial charge on any atom is -0.0579 e. The molecule has 66 heavy (non-hydrogen) atoms. The monoisotopic (exact) mass is 931 g/mol. The van der Waals surface area contributed by atoms with E-state index in [0.29, 0.717) is 6.67 Å². The minimum absolute atomic E-state index is 0.0261. The molecule has 10 rings (SSSR count). The van der Waals surface area contributed by atoms with Crippen LogP contribution in [-0.2, 0) is 16.2 Å². The maximum atomic E-state index is 6.86. The predicted molar refractivity (Wildman–Crippen MR) is 277 cm³/mol. The van der Waals surface area contributed by atoms with E-state index in [2.05, 4.69) is 229 Å². The standard InChI is InChI=1S/C59H57N5OSe/c1-57(2,3)41-25-23-40(24-26-41)48-21-14-20-47(39-16-11-10-12-17-39)55(48)63-38-62(51-34-42(58(4,5)6)27-29-49(51)63)44-18-13-19-45(36-44)65-46-28-30-53-52(37-46)64(50-22-15-32-61-56(50)66-53)54-35-43(31-33-60-54)59(7,8)9/h10-37H,38H2,1-9H3. The van der Waals surface area contributed by atoms with E-state index >= 15 is 0 Å². The van der Waals surface area contributed by atoms with Gasteiger partial charge in [0.1, 0.15) is 0 Å². The van der Waals surface area contributed by atoms with Crippen molar-refractivity contribution in [1.82, 2.24) is 9.97 Å². The summed E-state index contributed by atoms with van der Waals surface area (Å²) in [5, 5.41) is 0. The van der Waals surface area contributed by atoms with Gasteiger partial charge in [-0.2, -0.15) is 0 Å². The third-order valence-electron chi connectivity index (χ3n) is 12.7. The van der Waals surface area contributed by atoms with Crippen LogP contribution in [0.2, 0.25) is 0 Å². The van der Waals surface area contributed by atoms with Gasteiger partial charge >= 0.3 is 240 Å². The summed E-state index contributed by atoms with van der Waals surface area (Å²) in [4.78, 5) is 17.0. The number of rotatable bonds is 7. The Morgan fingerprint density at radius 1 is 0.470 bits per heavy atom. The van der Waals surface area contributed by atoms with Gasteiger partial charge in [0.2, 0.25) is 0 Å². The second-order valence-corrected chi connectivity index (χ2v) is 22.7. The topological polar surface area (TPSA) is 44.7 Å². The van der Waals surface area contributed by atoms with Crippen molar-refractivity contribution in [2.75, 3.05) is 21.4 Å². The Labute approximate surface area is 397 Å². The van der Waals surface area contributed by atoms with Crippen LogP contribution in [0, 0.1) is 0 Å². The van der Waals surface area contributed by atoms with Crippen molar-refractivity contribution >= 4 is 64.0 Å². The molecule has 0 atom stereocenters. The molecule has 0 bridgehead atoms. The van der Waals surface area contributed by atoms with E-state index in [1.807, 2.05) is 18.5 Å². The molecule has 6 aromatic carbocycles. The molecule has 330 valence electrons. The third-order valence-corrected chi connectivity index (χ3v) is 15.0. The molecule has 0 amide bonds. The van der Waals surface area contributed by atoms with E-state index in [4.69, 9.17) is 14.7 Å². The van der Waals surface area contributed by atoms with Crippen LogP contribution >= 0.6 is 0 Å². The number of anilines is 7. The smallest absolute Gasteiger partial charge is 0.0540 e. The molecule has 8 aromatic rings. The Bertz CT molecular complexity index is 3090. The molecule has 0 saturated heterocycles. The van der Waals surface area contributed by atoms with Crippen molar-refractivity contribution in [2.45, 2.75) is 78.6 Å². The number of aromatic nitrogens is 2. The van der Waals surface area contributed by atoms with Crippen LogP contribution < -0.4 is 28.5 Å². The molecule has 7 heteroatoms. The van der Waals surface area contributed by atoms with Crippen LogP contribution in [0.3, 0.4) is 0 Å². The average molecular weight is 931 g/mol. The molecule has 2 aromatic heterocycles. The number of fused-ring (bicyclic) bond motifs is 3. The zero-order valence-corrected chi connectivity index (χ0v) is 41.1. The molecule has 0 spiro atoms. The Morgan fingerprint density at radius 2 is 1.14 bits per heavy atom. The number of benzene rings is 6. The number of ether oxygens (including phenoxy) is 1. The quantitative estimate of drug-likeness (QED) is 0.148. The molecule has 0 N–H and O–H groups in total. The first-order valence-corrected chi connectivity index (χ1v) is 24.6. The van der Waals surface area contributed by atoms with Gasteiger partial charge in [-0.15, -0.1) is 0 Å². The summed E-state index contributed by atoms with van der Waals surface area (Å²) in [6.07, 6.45) is 3.81. The fraction of sp³-hybridized carbons (Fsp3) is 0.220. The van der Waals surface area contributed by atoms with Crippen molar-refractivity contribution < 1.29 is 4.74 Å². The van der Waals surface area contributed by atoms with Crippen LogP contribution in [0.25, 0.3) is 22.3 Å². The van der Waals surface area contributed by atoms with E-state index in [1.165, 1.54) is 60.5 Å². The molecule has 0 unspecified atom stereocenters. The van der Waals surface area contributed by atoms with E-state index in [9.17, 15) is 0 Å². The van der Waals surface area contributed by atoms with E-state index in [0.717, 1.165) is 39.0 Å². The average Bonchev–Trinajstić information content (AvgIpc) is 3.69. The van der Waals surface area contributed by atoms with Crippen molar-refractivity contribution in [1.29, 1.82) is 0 Å². The fourth-order valence-corrected chi connectivity index (χ4v) is 11.0. The van der Waals surface area contributed by atoms with Gasteiger partial charge in [-0.1, -0.05) is 120 Å². The van der Waals surface area contributed by atoms with Gasteiger partial charge in [-0.3, -0.25) is 0 Å². The summed E-state index contributed by atoms with van der Waals surface area (Å²) in [6.45, 7) is 21.0. The van der Waals surface area contributed by atoms with Crippen LogP contribution in [0.5, 0.6) is 11.5 Å². The van der Waals surface area contributed by atoms with Crippen molar-refractivity contribution in [3.8, 4) is 33.8 Å². The number of para-hydroxylation sites is 1. The Kier molecular flexibility index (Phi) is 10.9. The normalized spacial score (nSPS) is 13.6. The van der Waals surface area contributed by atoms with E-state index in [-0.39, 0.29) is 31.2 Å². The molecule has 6 nitrogen and oxygen atoms in total. The first-order valence-electron chi connectivity index (χ1n) is 22.9. The summed E-state index contributed by atoms with van der Waals surface area (Å²) in [5.41, 5.74) is 15.3. The van der Waals surface area contributed by atoms with Gasteiger partial charge in [0.25, 0.3) is 0 Å². The molecular formula is C59H57N5OSe. The number of hydrogen-bond donors (Lipinski definition) is 0. The van der Waals surface area contributed by atoms with Gasteiger partial charge in [0.05, 0.1) is 0 Å². The van der Waals surface area contributed by atoms with Crippen LogP contribution in [-0.4, -0.2) is 31.6 Å². The molecular weight excluding hydrogens is 874 g/mol. The maximum Gasteiger partial charge on any atom is -0.0540 e. The second-order valence-electron chi connectivity index (χ2n) is 20.5. The van der Waals surface area contributed by atoms with E-state index < -0.39 is 0 Å². The zero-order valence-electron chi connectivity index (χ0n) is 39.4. The Balaban J connectivity index is 1.05. The van der Waals surface area contributed by atoms with Gasteiger partial charge in [0, 0.05) is 11.1 Å². The Hall–Kier alpha value is -6.66. The largest absolute Gasteiger partial charge is 0.0579 e. The molecule has 0 aliphatic carbocycles. The van der Waals surface area contributed by atoms with Crippen molar-refractivity contribution in [3.63, 3.8) is 0 Å². The summed E-state index contributed by atoms with van der Waals surface area (Å²) >= 11 is 0.0261. The van der Waals surface area contributed by atoms with Crippen LogP contribution in [0.15, 0.2) is 170 Å². The van der Waals surface area contributed by atoms with Crippen LogP contribution in [0.4, 0.5) is 39.9 Å². The SMILES string of the molecule is CC(C)(C)c1ccc(-c2cccc(-c3ccccc3)c2N2CN(c3cccc(Oc4ccc5c(c4)N(c4cc(C(C)(C)C)ccn4)c4cccnc4[Se]5)c3)c3cc(C(C)(C)C)ccc32)cc1. The van der Waals surface area contributed by atoms with Crippen molar-refractivity contribution in [3.05, 3.63) is 187 Å². The number of pyridine rings is 2. The second kappa shape index (κ2) is 16.6. The maximum absolute atomic E-state index is 6.86. The van der Waals surface area contributed by atoms with Crippen LogP contribution in [0.1, 0.15) is 79.0 Å². The van der Waals surface area contributed by atoms with Gasteiger partial charge in [-0.25, -0.2) is 0 Å². The Morgan fingerprint density at radius 3 is 1.86 bits per heavy atom. The van der Waals surface area contributed by atoms with E-state index in [1.54, 1.807) is 0 Å². The first-order chi connectivity index (χ1) is 31.6. The molecule has 2 aliphatic heterocycles. The third kappa shape index (κ3) is 8.27. The minimum atomic E-state index is -0.0389. The van der Waals surface area contributed by atoms with Gasteiger partial charge in [-0.05, 0) is 27.5 Å². The molecule has 0 saturated carbocycles. The number of hydrogen-bond acceptors (Lipinski definition) is 6. The predicted octanol–water partition coefficient (Wildman–Crippen LogP) is 14.2. The first kappa shape index (κ1) is 43.2. The number of nitrogens with zero attached hydrogens (tertiary/aromatic N) is 5.